The number of nitriles is 1. The van der Waals surface area contributed by atoms with Crippen molar-refractivity contribution in [1.29, 1.82) is 5.26 Å². The zero-order valence-electron chi connectivity index (χ0n) is 18.2. The van der Waals surface area contributed by atoms with Gasteiger partial charge in [-0.15, -0.1) is 0 Å². The summed E-state index contributed by atoms with van der Waals surface area (Å²) >= 11 is 0. The standard InChI is InChI=1S/C25H32N4O2/c26-16-25(9-10-25)28-22(30)19-6-2-3-7-20(19)23(31)29-15-18-5-1-4-8-21(18)24(17-29)11-13-27-14-12-24/h1,4-5,8,19-20,27H,2-3,6-7,9-15,17H2,(H,28,30)/t19-,20?/m1/s1. The number of nitrogens with zero attached hydrogens (tertiary/aromatic N) is 2. The minimum Gasteiger partial charge on any atom is -0.338 e. The van der Waals surface area contributed by atoms with Gasteiger partial charge >= 0.3 is 0 Å². The summed E-state index contributed by atoms with van der Waals surface area (Å²) in [4.78, 5) is 28.9. The Morgan fingerprint density at radius 1 is 1.06 bits per heavy atom. The van der Waals surface area contributed by atoms with Crippen LogP contribution in [-0.2, 0) is 21.5 Å². The number of piperidine rings is 1. The van der Waals surface area contributed by atoms with Gasteiger partial charge in [-0.25, -0.2) is 0 Å². The van der Waals surface area contributed by atoms with Crippen molar-refractivity contribution in [2.75, 3.05) is 19.6 Å². The molecule has 6 nitrogen and oxygen atoms in total. The second kappa shape index (κ2) is 7.94. The van der Waals surface area contributed by atoms with Gasteiger partial charge in [-0.2, -0.15) is 5.26 Å². The fourth-order valence-corrected chi connectivity index (χ4v) is 6.07. The predicted octanol–water partition coefficient (Wildman–Crippen LogP) is 2.63. The highest BCUT2D eigenvalue weighted by atomic mass is 16.2. The largest absolute Gasteiger partial charge is 0.338 e. The number of carbonyl (C=O) groups excluding carboxylic acids is 2. The molecule has 3 fully saturated rings. The Hall–Kier alpha value is -2.39. The third-order valence-electron chi connectivity index (χ3n) is 8.06. The number of fused-ring (bicyclic) bond motifs is 2. The van der Waals surface area contributed by atoms with E-state index in [2.05, 4.69) is 41.0 Å². The predicted molar refractivity (Wildman–Crippen MR) is 117 cm³/mol. The van der Waals surface area contributed by atoms with E-state index in [1.807, 2.05) is 4.90 Å². The van der Waals surface area contributed by atoms with Gasteiger partial charge in [0.15, 0.2) is 0 Å². The van der Waals surface area contributed by atoms with Crippen molar-refractivity contribution in [3.63, 3.8) is 0 Å². The fourth-order valence-electron chi connectivity index (χ4n) is 6.07. The van der Waals surface area contributed by atoms with Gasteiger partial charge in [-0.1, -0.05) is 37.1 Å². The number of rotatable bonds is 3. The first-order valence-electron chi connectivity index (χ1n) is 11.9. The fraction of sp³-hybridized carbons (Fsp3) is 0.640. The van der Waals surface area contributed by atoms with Gasteiger partial charge < -0.3 is 15.5 Å². The Morgan fingerprint density at radius 3 is 2.48 bits per heavy atom. The van der Waals surface area contributed by atoms with Crippen molar-refractivity contribution < 1.29 is 9.59 Å². The maximum atomic E-state index is 13.8. The lowest BCUT2D eigenvalue weighted by molar-refractivity contribution is -0.145. The highest BCUT2D eigenvalue weighted by Gasteiger charge is 2.49. The third-order valence-corrected chi connectivity index (χ3v) is 8.06. The first kappa shape index (κ1) is 20.5. The number of benzene rings is 1. The van der Waals surface area contributed by atoms with Gasteiger partial charge in [-0.3, -0.25) is 9.59 Å². The van der Waals surface area contributed by atoms with E-state index in [9.17, 15) is 14.9 Å². The number of hydrogen-bond acceptors (Lipinski definition) is 4. The lowest BCUT2D eigenvalue weighted by Gasteiger charge is -2.48. The maximum Gasteiger partial charge on any atom is 0.226 e. The summed E-state index contributed by atoms with van der Waals surface area (Å²) in [6, 6.07) is 10.8. The smallest absolute Gasteiger partial charge is 0.226 e. The minimum absolute atomic E-state index is 0.0149. The molecule has 1 aromatic rings. The molecule has 0 aromatic heterocycles. The summed E-state index contributed by atoms with van der Waals surface area (Å²) < 4.78 is 0. The van der Waals surface area contributed by atoms with E-state index in [4.69, 9.17) is 0 Å². The van der Waals surface area contributed by atoms with Crippen LogP contribution in [0.2, 0.25) is 0 Å². The van der Waals surface area contributed by atoms with Crippen LogP contribution >= 0.6 is 0 Å². The molecule has 5 rings (SSSR count). The van der Waals surface area contributed by atoms with Crippen LogP contribution in [0.15, 0.2) is 24.3 Å². The van der Waals surface area contributed by atoms with Crippen LogP contribution in [0.1, 0.15) is 62.5 Å². The average Bonchev–Trinajstić information content (AvgIpc) is 3.59. The number of amides is 2. The first-order valence-corrected chi connectivity index (χ1v) is 11.9. The Morgan fingerprint density at radius 2 is 1.77 bits per heavy atom. The third kappa shape index (κ3) is 3.74. The van der Waals surface area contributed by atoms with Crippen LogP contribution in [0.5, 0.6) is 0 Å². The molecular weight excluding hydrogens is 388 g/mol. The van der Waals surface area contributed by atoms with E-state index in [1.165, 1.54) is 11.1 Å². The number of hydrogen-bond donors (Lipinski definition) is 2. The van der Waals surface area contributed by atoms with E-state index in [1.54, 1.807) is 0 Å². The zero-order valence-corrected chi connectivity index (χ0v) is 18.2. The van der Waals surface area contributed by atoms with Gasteiger partial charge in [0.2, 0.25) is 11.8 Å². The molecule has 4 aliphatic rings. The quantitative estimate of drug-likeness (QED) is 0.787. The van der Waals surface area contributed by atoms with Crippen molar-refractivity contribution in [3.8, 4) is 6.07 Å². The van der Waals surface area contributed by atoms with Crippen LogP contribution in [-0.4, -0.2) is 41.9 Å². The van der Waals surface area contributed by atoms with Crippen LogP contribution in [0, 0.1) is 23.2 Å². The summed E-state index contributed by atoms with van der Waals surface area (Å²) in [7, 11) is 0. The molecule has 2 heterocycles. The Bertz CT molecular complexity index is 910. The molecule has 2 amide bonds. The molecule has 1 spiro atoms. The number of nitrogens with one attached hydrogen (secondary N) is 2. The van der Waals surface area contributed by atoms with Crippen molar-refractivity contribution >= 4 is 11.8 Å². The highest BCUT2D eigenvalue weighted by molar-refractivity contribution is 5.89. The van der Waals surface area contributed by atoms with Crippen LogP contribution < -0.4 is 10.6 Å². The molecule has 164 valence electrons. The van der Waals surface area contributed by atoms with Crippen LogP contribution in [0.4, 0.5) is 0 Å². The second-order valence-corrected chi connectivity index (χ2v) is 10.1. The molecule has 31 heavy (non-hydrogen) atoms. The van der Waals surface area contributed by atoms with Gasteiger partial charge in [0.1, 0.15) is 5.54 Å². The summed E-state index contributed by atoms with van der Waals surface area (Å²) in [5, 5.41) is 15.8. The van der Waals surface area contributed by atoms with E-state index in [0.29, 0.717) is 6.54 Å². The molecular formula is C25H32N4O2. The highest BCUT2D eigenvalue weighted by Crippen LogP contribution is 2.42. The first-order chi connectivity index (χ1) is 15.1. The Labute approximate surface area is 184 Å². The minimum atomic E-state index is -0.675. The van der Waals surface area contributed by atoms with Crippen molar-refractivity contribution in [2.24, 2.45) is 11.8 Å². The van der Waals surface area contributed by atoms with Crippen LogP contribution in [0.25, 0.3) is 0 Å². The molecule has 6 heteroatoms. The van der Waals surface area contributed by atoms with E-state index in [-0.39, 0.29) is 29.1 Å². The maximum absolute atomic E-state index is 13.8. The van der Waals surface area contributed by atoms with E-state index in [0.717, 1.165) is 71.0 Å². The SMILES string of the molecule is N#CC1(NC(=O)[C@@H]2CCCCC2C(=O)N2Cc3ccccc3C3(CCNCC3)C2)CC1. The zero-order chi connectivity index (χ0) is 21.5. The molecule has 2 aliphatic carbocycles. The lowest BCUT2D eigenvalue weighted by atomic mass is 9.68. The van der Waals surface area contributed by atoms with Gasteiger partial charge in [-0.05, 0) is 62.7 Å². The van der Waals surface area contributed by atoms with E-state index >= 15 is 0 Å². The summed E-state index contributed by atoms with van der Waals surface area (Å²) in [6.45, 7) is 3.33. The molecule has 0 radical (unpaired) electrons. The van der Waals surface area contributed by atoms with Gasteiger partial charge in [0.25, 0.3) is 0 Å². The Balaban J connectivity index is 1.38. The molecule has 1 unspecified atom stereocenters. The number of carbonyl (C=O) groups is 2. The summed E-state index contributed by atoms with van der Waals surface area (Å²) in [6.07, 6.45) is 6.98. The molecule has 0 bridgehead atoms. The monoisotopic (exact) mass is 420 g/mol. The summed E-state index contributed by atoms with van der Waals surface area (Å²) in [5.74, 6) is -0.541. The molecule has 1 saturated heterocycles. The Kier molecular flexibility index (Phi) is 5.26. The van der Waals surface area contributed by atoms with Crippen LogP contribution in [0.3, 0.4) is 0 Å². The average molecular weight is 421 g/mol. The lowest BCUT2D eigenvalue weighted by Crippen LogP contribution is -2.55. The molecule has 2 N–H and O–H groups in total. The van der Waals surface area contributed by atoms with Crippen molar-refractivity contribution in [2.45, 2.75) is 68.9 Å². The van der Waals surface area contributed by atoms with Gasteiger partial charge in [0.05, 0.1) is 6.07 Å². The van der Waals surface area contributed by atoms with Crippen molar-refractivity contribution in [1.82, 2.24) is 15.5 Å². The van der Waals surface area contributed by atoms with Crippen molar-refractivity contribution in [3.05, 3.63) is 35.4 Å². The van der Waals surface area contributed by atoms with Gasteiger partial charge in [0, 0.05) is 30.3 Å². The van der Waals surface area contributed by atoms with E-state index < -0.39 is 5.54 Å². The molecule has 2 atom stereocenters. The summed E-state index contributed by atoms with van der Waals surface area (Å²) in [5.41, 5.74) is 2.00. The molecule has 2 aliphatic heterocycles. The molecule has 2 saturated carbocycles. The normalized spacial score (nSPS) is 28.3. The topological polar surface area (TPSA) is 85.2 Å². The second-order valence-electron chi connectivity index (χ2n) is 10.1. The molecule has 1 aromatic carbocycles.